The molecule has 0 amide bonds. The van der Waals surface area contributed by atoms with Crippen molar-refractivity contribution >= 4 is 0 Å². The van der Waals surface area contributed by atoms with Crippen LogP contribution >= 0.6 is 0 Å². The van der Waals surface area contributed by atoms with E-state index in [0.717, 1.165) is 0 Å². The van der Waals surface area contributed by atoms with Crippen LogP contribution in [0.2, 0.25) is 4.73 Å². The average molecular weight is 149 g/mol. The van der Waals surface area contributed by atoms with Crippen LogP contribution in [0.1, 0.15) is 32.6 Å². The van der Waals surface area contributed by atoms with Crippen LogP contribution in [0.5, 0.6) is 0 Å². The Labute approximate surface area is 61.3 Å². The quantitative estimate of drug-likeness (QED) is 0.469. The summed E-state index contributed by atoms with van der Waals surface area (Å²) in [5.41, 5.74) is 0. The molecule has 0 saturated heterocycles. The van der Waals surface area contributed by atoms with Crippen LogP contribution in [0.25, 0.3) is 0 Å². The number of hydrogen-bond acceptors (Lipinski definition) is 1. The van der Waals surface area contributed by atoms with Crippen LogP contribution in [0.3, 0.4) is 0 Å². The molecular weight excluding hydrogens is 134 g/mol. The maximum absolute atomic E-state index is 5.44. The second kappa shape index (κ2) is 7.67. The van der Waals surface area contributed by atoms with E-state index >= 15 is 0 Å². The van der Waals surface area contributed by atoms with Gasteiger partial charge in [0.25, 0.3) is 0 Å². The maximum atomic E-state index is 5.44. The van der Waals surface area contributed by atoms with Crippen molar-refractivity contribution in [1.29, 1.82) is 0 Å². The molecule has 2 N–H and O–H groups in total. The third kappa shape index (κ3) is 6.67. The fourth-order valence-corrected chi connectivity index (χ4v) is 1.36. The van der Waals surface area contributed by atoms with Crippen molar-refractivity contribution in [3.63, 3.8) is 0 Å². The van der Waals surface area contributed by atoms with Gasteiger partial charge in [0.2, 0.25) is 0 Å². The summed E-state index contributed by atoms with van der Waals surface area (Å²) >= 11 is -0.0161. The van der Waals surface area contributed by atoms with E-state index in [0.29, 0.717) is 0 Å². The van der Waals surface area contributed by atoms with Gasteiger partial charge in [0, 0.05) is 0 Å². The van der Waals surface area contributed by atoms with Gasteiger partial charge in [-0.3, -0.25) is 0 Å². The van der Waals surface area contributed by atoms with Gasteiger partial charge in [-0.2, -0.15) is 0 Å². The first-order valence-corrected chi connectivity index (χ1v) is 5.36. The van der Waals surface area contributed by atoms with E-state index in [-0.39, 0.29) is 19.4 Å². The molecule has 8 heavy (non-hydrogen) atoms. The molecule has 0 unspecified atom stereocenters. The summed E-state index contributed by atoms with van der Waals surface area (Å²) < 4.78 is 6.77. The molecule has 1 nitrogen and oxygen atoms in total. The molecule has 0 saturated carbocycles. The second-order valence-electron chi connectivity index (χ2n) is 2.01. The van der Waals surface area contributed by atoms with E-state index in [1.807, 2.05) is 0 Å². The SMILES string of the molecule is CCCCC[CH2][Ti][NH2]. The van der Waals surface area contributed by atoms with Crippen LogP contribution in [-0.4, -0.2) is 0 Å². The molecule has 2 heteroatoms. The van der Waals surface area contributed by atoms with Crippen LogP contribution in [0.4, 0.5) is 0 Å². The van der Waals surface area contributed by atoms with Gasteiger partial charge in [0.15, 0.2) is 0 Å². The van der Waals surface area contributed by atoms with Gasteiger partial charge >= 0.3 is 61.0 Å². The Bertz CT molecular complexity index is 33.5. The first-order valence-electron chi connectivity index (χ1n) is 3.35. The third-order valence-electron chi connectivity index (χ3n) is 1.17. The molecule has 0 fully saturated rings. The molecule has 0 bridgehead atoms. The van der Waals surface area contributed by atoms with Gasteiger partial charge in [-0.15, -0.1) is 0 Å². The number of unbranched alkanes of at least 4 members (excludes halogenated alkanes) is 3. The predicted molar refractivity (Wildman–Crippen MR) is 33.1 cm³/mol. The zero-order valence-electron chi connectivity index (χ0n) is 5.61. The van der Waals surface area contributed by atoms with Gasteiger partial charge in [0.1, 0.15) is 0 Å². The molecule has 0 atom stereocenters. The van der Waals surface area contributed by atoms with Crippen molar-refractivity contribution in [1.82, 2.24) is 0 Å². The predicted octanol–water partition coefficient (Wildman–Crippen LogP) is 1.94. The minimum atomic E-state index is -0.0161. The Morgan fingerprint density at radius 2 is 2.00 bits per heavy atom. The van der Waals surface area contributed by atoms with Crippen LogP contribution in [-0.2, 0) is 19.4 Å². The van der Waals surface area contributed by atoms with Crippen molar-refractivity contribution in [2.75, 3.05) is 0 Å². The topological polar surface area (TPSA) is 26.0 Å². The van der Waals surface area contributed by atoms with Gasteiger partial charge < -0.3 is 0 Å². The molecule has 0 aliphatic heterocycles. The van der Waals surface area contributed by atoms with E-state index in [4.69, 9.17) is 4.22 Å². The van der Waals surface area contributed by atoms with E-state index in [1.54, 1.807) is 0 Å². The molecule has 0 radical (unpaired) electrons. The molecule has 0 rings (SSSR count). The summed E-state index contributed by atoms with van der Waals surface area (Å²) in [4.78, 5) is 0. The molecule has 0 aromatic carbocycles. The fraction of sp³-hybridized carbons (Fsp3) is 1.00. The minimum absolute atomic E-state index is 0.0161. The summed E-state index contributed by atoms with van der Waals surface area (Å²) in [6, 6.07) is 0. The van der Waals surface area contributed by atoms with Crippen molar-refractivity contribution in [3.05, 3.63) is 0 Å². The Morgan fingerprint density at radius 1 is 1.25 bits per heavy atom. The normalized spacial score (nSPS) is 9.25. The Hall–Kier alpha value is 0.674. The second-order valence-corrected chi connectivity index (χ2v) is 3.43. The van der Waals surface area contributed by atoms with Crippen molar-refractivity contribution in [2.24, 2.45) is 4.22 Å². The molecule has 0 aromatic rings. The Balaban J connectivity index is 2.53. The van der Waals surface area contributed by atoms with Gasteiger partial charge in [0.05, 0.1) is 0 Å². The molecule has 48 valence electrons. The Morgan fingerprint density at radius 3 is 2.50 bits per heavy atom. The first kappa shape index (κ1) is 8.67. The van der Waals surface area contributed by atoms with E-state index in [2.05, 4.69) is 6.92 Å². The van der Waals surface area contributed by atoms with E-state index in [1.165, 1.54) is 30.4 Å². The van der Waals surface area contributed by atoms with Crippen LogP contribution < -0.4 is 4.22 Å². The third-order valence-corrected chi connectivity index (χ3v) is 2.18. The van der Waals surface area contributed by atoms with E-state index < -0.39 is 0 Å². The summed E-state index contributed by atoms with van der Waals surface area (Å²) in [5.74, 6) is 0. The molecule has 0 aliphatic carbocycles. The van der Waals surface area contributed by atoms with Crippen LogP contribution in [0, 0.1) is 0 Å². The standard InChI is InChI=1S/C6H13.H2N.Ti/c1-3-5-6-4-2;;/h1,3-6H2,2H3;1H2;/q;-1;+1. The van der Waals surface area contributed by atoms with Gasteiger partial charge in [-0.05, 0) is 0 Å². The van der Waals surface area contributed by atoms with Crippen molar-refractivity contribution in [2.45, 2.75) is 37.3 Å². The molecular formula is C6H15NTi. The zero-order chi connectivity index (χ0) is 6.24. The number of nitrogens with two attached hydrogens (primary N) is 1. The molecule has 0 aromatic heterocycles. The molecule has 0 heterocycles. The molecule has 0 spiro atoms. The van der Waals surface area contributed by atoms with Crippen LogP contribution in [0.15, 0.2) is 0 Å². The van der Waals surface area contributed by atoms with Crippen molar-refractivity contribution < 1.29 is 19.4 Å². The fourth-order valence-electron chi connectivity index (χ4n) is 0.654. The van der Waals surface area contributed by atoms with E-state index in [9.17, 15) is 0 Å². The molecule has 0 aliphatic rings. The Kier molecular flexibility index (Phi) is 8.32. The van der Waals surface area contributed by atoms with Gasteiger partial charge in [-0.1, -0.05) is 0 Å². The zero-order valence-corrected chi connectivity index (χ0v) is 7.17. The summed E-state index contributed by atoms with van der Waals surface area (Å²) in [7, 11) is 0. The monoisotopic (exact) mass is 149 g/mol. The summed E-state index contributed by atoms with van der Waals surface area (Å²) in [6.07, 6.45) is 5.51. The summed E-state index contributed by atoms with van der Waals surface area (Å²) in [5, 5.41) is 0. The number of hydrogen-bond donors (Lipinski definition) is 1. The first-order chi connectivity index (χ1) is 3.91. The van der Waals surface area contributed by atoms with Crippen molar-refractivity contribution in [3.8, 4) is 0 Å². The van der Waals surface area contributed by atoms with Gasteiger partial charge in [-0.25, -0.2) is 0 Å². The number of rotatable bonds is 5. The summed E-state index contributed by atoms with van der Waals surface area (Å²) in [6.45, 7) is 2.23. The average Bonchev–Trinajstić information content (AvgIpc) is 1.81.